The maximum atomic E-state index is 4.61. The summed E-state index contributed by atoms with van der Waals surface area (Å²) in [7, 11) is 1.81. The number of hydrogen-bond donors (Lipinski definition) is 3. The monoisotopic (exact) mass is 472 g/mol. The van der Waals surface area contributed by atoms with Crippen LogP contribution in [0.5, 0.6) is 0 Å². The van der Waals surface area contributed by atoms with Crippen LogP contribution in [-0.2, 0) is 6.54 Å². The van der Waals surface area contributed by atoms with Gasteiger partial charge in [0.05, 0.1) is 11.0 Å². The smallest absolute Gasteiger partial charge is 0.191 e. The van der Waals surface area contributed by atoms with Gasteiger partial charge >= 0.3 is 0 Å². The van der Waals surface area contributed by atoms with E-state index in [0.29, 0.717) is 0 Å². The molecule has 1 aromatic heterocycles. The second-order valence-electron chi connectivity index (χ2n) is 7.26. The Labute approximate surface area is 174 Å². The molecule has 3 N–H and O–H groups in total. The van der Waals surface area contributed by atoms with Crippen molar-refractivity contribution in [2.75, 3.05) is 26.7 Å². The number of rotatable bonds is 7. The van der Waals surface area contributed by atoms with E-state index in [9.17, 15) is 0 Å². The summed E-state index contributed by atoms with van der Waals surface area (Å²) < 4.78 is 2.28. The predicted molar refractivity (Wildman–Crippen MR) is 122 cm³/mol. The van der Waals surface area contributed by atoms with Crippen molar-refractivity contribution in [2.24, 2.45) is 4.99 Å². The van der Waals surface area contributed by atoms with E-state index in [4.69, 9.17) is 0 Å². The van der Waals surface area contributed by atoms with Gasteiger partial charge in [-0.3, -0.25) is 4.99 Å². The summed E-state index contributed by atoms with van der Waals surface area (Å²) in [6, 6.07) is 8.29. The molecule has 26 heavy (non-hydrogen) atoms. The Hall–Kier alpha value is -1.35. The number of hydrogen-bond acceptors (Lipinski definition) is 3. The Morgan fingerprint density at radius 1 is 1.12 bits per heavy atom. The van der Waals surface area contributed by atoms with E-state index in [2.05, 4.69) is 76.4 Å². The van der Waals surface area contributed by atoms with E-state index < -0.39 is 0 Å². The third-order valence-corrected chi connectivity index (χ3v) is 3.99. The van der Waals surface area contributed by atoms with Gasteiger partial charge in [-0.15, -0.1) is 24.0 Å². The number of nitrogens with zero attached hydrogens (tertiary/aromatic N) is 3. The lowest BCUT2D eigenvalue weighted by Gasteiger charge is -2.21. The molecule has 0 aliphatic heterocycles. The summed E-state index contributed by atoms with van der Waals surface area (Å²) in [6.45, 7) is 12.1. The van der Waals surface area contributed by atoms with Gasteiger partial charge in [-0.2, -0.15) is 0 Å². The summed E-state index contributed by atoms with van der Waals surface area (Å²) >= 11 is 0. The molecule has 0 bridgehead atoms. The quantitative estimate of drug-likeness (QED) is 0.251. The molecule has 0 radical (unpaired) electrons. The van der Waals surface area contributed by atoms with Crippen molar-refractivity contribution in [1.29, 1.82) is 0 Å². The number of nitrogens with one attached hydrogen (secondary N) is 3. The molecule has 7 heteroatoms. The summed E-state index contributed by atoms with van der Waals surface area (Å²) in [5, 5.41) is 10.2. The van der Waals surface area contributed by atoms with E-state index in [1.165, 1.54) is 5.52 Å². The molecule has 6 nitrogen and oxygen atoms in total. The van der Waals surface area contributed by atoms with E-state index in [1.54, 1.807) is 7.05 Å². The van der Waals surface area contributed by atoms with E-state index >= 15 is 0 Å². The molecule has 0 saturated heterocycles. The van der Waals surface area contributed by atoms with Gasteiger partial charge in [-0.25, -0.2) is 4.98 Å². The molecule has 1 heterocycles. The second-order valence-corrected chi connectivity index (χ2v) is 7.26. The van der Waals surface area contributed by atoms with Gasteiger partial charge in [0, 0.05) is 38.8 Å². The fraction of sp³-hybridized carbons (Fsp3) is 0.579. The molecule has 0 fully saturated rings. The highest BCUT2D eigenvalue weighted by Crippen LogP contribution is 2.15. The van der Waals surface area contributed by atoms with Crippen LogP contribution in [0.4, 0.5) is 0 Å². The molecular weight excluding hydrogens is 439 g/mol. The molecule has 2 rings (SSSR count). The van der Waals surface area contributed by atoms with Crippen LogP contribution in [0.1, 0.15) is 33.0 Å². The summed E-state index contributed by atoms with van der Waals surface area (Å²) in [4.78, 5) is 8.88. The largest absolute Gasteiger partial charge is 0.356 e. The average molecular weight is 472 g/mol. The van der Waals surface area contributed by atoms with Crippen LogP contribution in [0.3, 0.4) is 0 Å². The van der Waals surface area contributed by atoms with Gasteiger partial charge in [0.15, 0.2) is 5.96 Å². The van der Waals surface area contributed by atoms with Crippen LogP contribution in [0.15, 0.2) is 29.3 Å². The first kappa shape index (κ1) is 22.7. The van der Waals surface area contributed by atoms with Crippen molar-refractivity contribution in [3.63, 3.8) is 0 Å². The first-order valence-electron chi connectivity index (χ1n) is 9.02. The molecule has 2 aromatic rings. The third-order valence-electron chi connectivity index (χ3n) is 3.99. The maximum Gasteiger partial charge on any atom is 0.191 e. The zero-order chi connectivity index (χ0) is 18.3. The summed E-state index contributed by atoms with van der Waals surface area (Å²) in [6.07, 6.45) is 1.02. The molecule has 0 unspecified atom stereocenters. The first-order valence-corrected chi connectivity index (χ1v) is 9.02. The van der Waals surface area contributed by atoms with E-state index in [0.717, 1.165) is 49.9 Å². The normalized spacial score (nSPS) is 12.1. The maximum absolute atomic E-state index is 4.61. The third kappa shape index (κ3) is 7.11. The number of guanidine groups is 1. The van der Waals surface area contributed by atoms with Crippen LogP contribution in [-0.4, -0.2) is 47.7 Å². The highest BCUT2D eigenvalue weighted by molar-refractivity contribution is 14.0. The summed E-state index contributed by atoms with van der Waals surface area (Å²) in [5.74, 6) is 1.92. The Balaban J connectivity index is 0.00000338. The van der Waals surface area contributed by atoms with E-state index in [-0.39, 0.29) is 29.5 Å². The van der Waals surface area contributed by atoms with Crippen LogP contribution >= 0.6 is 24.0 Å². The Morgan fingerprint density at radius 3 is 2.50 bits per heavy atom. The predicted octanol–water partition coefficient (Wildman–Crippen LogP) is 2.91. The number of fused-ring (bicyclic) bond motifs is 1. The minimum absolute atomic E-state index is 0. The van der Waals surface area contributed by atoms with Gasteiger partial charge in [0.1, 0.15) is 5.82 Å². The lowest BCUT2D eigenvalue weighted by atomic mass is 10.1. The Bertz CT molecular complexity index is 702. The number of imidazole rings is 1. The zero-order valence-corrected chi connectivity index (χ0v) is 18.9. The molecule has 0 saturated carbocycles. The number of para-hydroxylation sites is 2. The lowest BCUT2D eigenvalue weighted by molar-refractivity contribution is 0.428. The molecule has 0 spiro atoms. The highest BCUT2D eigenvalue weighted by atomic mass is 127. The topological polar surface area (TPSA) is 66.3 Å². The van der Waals surface area contributed by atoms with Crippen LogP contribution < -0.4 is 16.0 Å². The Morgan fingerprint density at radius 2 is 1.81 bits per heavy atom. The van der Waals surface area contributed by atoms with Gasteiger partial charge in [0.25, 0.3) is 0 Å². The van der Waals surface area contributed by atoms with E-state index in [1.807, 2.05) is 6.07 Å². The number of halogens is 1. The van der Waals surface area contributed by atoms with Crippen LogP contribution in [0.25, 0.3) is 11.0 Å². The molecule has 146 valence electrons. The SMILES string of the molecule is CN=C(NCCCn1c(C)nc2ccccc21)NCCNC(C)(C)C.I. The number of aliphatic imine (C=N–C) groups is 1. The average Bonchev–Trinajstić information content (AvgIpc) is 2.88. The van der Waals surface area contributed by atoms with Crippen molar-refractivity contribution < 1.29 is 0 Å². The number of aryl methyl sites for hydroxylation is 2. The van der Waals surface area contributed by atoms with Crippen molar-refractivity contribution in [3.05, 3.63) is 30.1 Å². The molecule has 1 aromatic carbocycles. The summed E-state index contributed by atoms with van der Waals surface area (Å²) in [5.41, 5.74) is 2.41. The fourth-order valence-electron chi connectivity index (χ4n) is 2.76. The minimum Gasteiger partial charge on any atom is -0.356 e. The van der Waals surface area contributed by atoms with Crippen molar-refractivity contribution >= 4 is 41.0 Å². The van der Waals surface area contributed by atoms with Crippen molar-refractivity contribution in [3.8, 4) is 0 Å². The van der Waals surface area contributed by atoms with Gasteiger partial charge in [0.2, 0.25) is 0 Å². The van der Waals surface area contributed by atoms with Gasteiger partial charge in [-0.05, 0) is 46.2 Å². The standard InChI is InChI=1S/C19H32N6.HI/c1-15-24-16-9-6-7-10-17(16)25(15)14-8-11-21-18(20-5)22-12-13-23-19(2,3)4;/h6-7,9-10,23H,8,11-14H2,1-5H3,(H2,20,21,22);1H. The second kappa shape index (κ2) is 10.7. The highest BCUT2D eigenvalue weighted by Gasteiger charge is 2.08. The molecule has 0 aliphatic rings. The molecule has 0 atom stereocenters. The lowest BCUT2D eigenvalue weighted by Crippen LogP contribution is -2.44. The first-order chi connectivity index (χ1) is 11.9. The van der Waals surface area contributed by atoms with Crippen molar-refractivity contribution in [2.45, 2.75) is 46.2 Å². The molecule has 0 aliphatic carbocycles. The fourth-order valence-corrected chi connectivity index (χ4v) is 2.76. The minimum atomic E-state index is 0. The van der Waals surface area contributed by atoms with Gasteiger partial charge < -0.3 is 20.5 Å². The van der Waals surface area contributed by atoms with Crippen molar-refractivity contribution in [1.82, 2.24) is 25.5 Å². The Kier molecular flexibility index (Phi) is 9.35. The van der Waals surface area contributed by atoms with Gasteiger partial charge in [-0.1, -0.05) is 12.1 Å². The molecular formula is C19H33IN6. The van der Waals surface area contributed by atoms with Crippen LogP contribution in [0, 0.1) is 6.92 Å². The number of benzene rings is 1. The van der Waals surface area contributed by atoms with Crippen LogP contribution in [0.2, 0.25) is 0 Å². The molecule has 0 amide bonds. The zero-order valence-electron chi connectivity index (χ0n) is 16.6. The number of aromatic nitrogens is 2.